The molecular weight excluding hydrogens is 302 g/mol. The lowest BCUT2D eigenvalue weighted by atomic mass is 10.3. The van der Waals surface area contributed by atoms with Gasteiger partial charge in [-0.15, -0.1) is 0 Å². The van der Waals surface area contributed by atoms with Gasteiger partial charge in [-0.25, -0.2) is 13.4 Å². The highest BCUT2D eigenvalue weighted by atomic mass is 32.2. The standard InChI is InChI=1S/C11H11N3O4S2/c1-13-6-5-12-11(13)19-10-4-3-8(20(2,17)18)7-9(10)14(15)16/h3-7H,1-2H3. The summed E-state index contributed by atoms with van der Waals surface area (Å²) in [6.45, 7) is 0. The van der Waals surface area contributed by atoms with Crippen molar-refractivity contribution in [1.82, 2.24) is 9.55 Å². The topological polar surface area (TPSA) is 95.1 Å². The number of nitro groups is 1. The molecule has 0 bridgehead atoms. The van der Waals surface area contributed by atoms with E-state index in [1.165, 1.54) is 12.1 Å². The Kier molecular flexibility index (Phi) is 3.82. The molecule has 0 spiro atoms. The smallest absolute Gasteiger partial charge is 0.284 e. The van der Waals surface area contributed by atoms with Crippen LogP contribution >= 0.6 is 11.8 Å². The van der Waals surface area contributed by atoms with Crippen LogP contribution in [-0.4, -0.2) is 29.1 Å². The minimum Gasteiger partial charge on any atom is -0.329 e. The van der Waals surface area contributed by atoms with Crippen LogP contribution in [0, 0.1) is 10.1 Å². The van der Waals surface area contributed by atoms with Crippen molar-refractivity contribution in [2.75, 3.05) is 6.26 Å². The van der Waals surface area contributed by atoms with Crippen molar-refractivity contribution in [2.45, 2.75) is 14.9 Å². The van der Waals surface area contributed by atoms with E-state index in [-0.39, 0.29) is 10.6 Å². The second-order valence-electron chi connectivity index (χ2n) is 4.08. The van der Waals surface area contributed by atoms with Crippen molar-refractivity contribution < 1.29 is 13.3 Å². The largest absolute Gasteiger partial charge is 0.329 e. The fourth-order valence-electron chi connectivity index (χ4n) is 1.51. The molecule has 106 valence electrons. The minimum atomic E-state index is -3.48. The number of nitrogens with zero attached hydrogens (tertiary/aromatic N) is 3. The second kappa shape index (κ2) is 5.25. The average molecular weight is 313 g/mol. The van der Waals surface area contributed by atoms with Crippen LogP contribution in [0.3, 0.4) is 0 Å². The highest BCUT2D eigenvalue weighted by molar-refractivity contribution is 7.99. The molecule has 0 amide bonds. The molecule has 0 aliphatic heterocycles. The van der Waals surface area contributed by atoms with Crippen LogP contribution in [0.4, 0.5) is 5.69 Å². The Labute approximate surface area is 119 Å². The molecule has 0 saturated heterocycles. The molecule has 0 fully saturated rings. The van der Waals surface area contributed by atoms with E-state index in [0.717, 1.165) is 24.1 Å². The number of benzene rings is 1. The molecule has 1 heterocycles. The first-order valence-corrected chi connectivity index (χ1v) is 8.13. The van der Waals surface area contributed by atoms with Crippen LogP contribution in [0.15, 0.2) is 45.5 Å². The summed E-state index contributed by atoms with van der Waals surface area (Å²) < 4.78 is 24.6. The van der Waals surface area contributed by atoms with Crippen LogP contribution < -0.4 is 0 Å². The third kappa shape index (κ3) is 2.99. The van der Waals surface area contributed by atoms with Crippen molar-refractivity contribution in [2.24, 2.45) is 7.05 Å². The zero-order chi connectivity index (χ0) is 14.9. The summed E-state index contributed by atoms with van der Waals surface area (Å²) in [6, 6.07) is 3.85. The normalized spacial score (nSPS) is 11.5. The molecule has 0 aliphatic rings. The molecule has 7 nitrogen and oxygen atoms in total. The van der Waals surface area contributed by atoms with Gasteiger partial charge in [0.05, 0.1) is 14.7 Å². The number of nitro benzene ring substituents is 1. The lowest BCUT2D eigenvalue weighted by Gasteiger charge is -2.05. The molecule has 1 aromatic carbocycles. The van der Waals surface area contributed by atoms with Gasteiger partial charge < -0.3 is 4.57 Å². The Bertz CT molecular complexity index is 768. The quantitative estimate of drug-likeness (QED) is 0.632. The first-order valence-electron chi connectivity index (χ1n) is 5.42. The Morgan fingerprint density at radius 2 is 2.10 bits per heavy atom. The summed E-state index contributed by atoms with van der Waals surface area (Å²) in [5.41, 5.74) is -0.249. The molecular formula is C11H11N3O4S2. The monoisotopic (exact) mass is 313 g/mol. The number of sulfone groups is 1. The highest BCUT2D eigenvalue weighted by Gasteiger charge is 2.20. The van der Waals surface area contributed by atoms with E-state index in [1.807, 2.05) is 0 Å². The van der Waals surface area contributed by atoms with Gasteiger partial charge in [-0.3, -0.25) is 10.1 Å². The zero-order valence-electron chi connectivity index (χ0n) is 10.7. The van der Waals surface area contributed by atoms with Crippen LogP contribution in [0.1, 0.15) is 0 Å². The molecule has 0 N–H and O–H groups in total. The summed E-state index contributed by atoms with van der Waals surface area (Å²) in [7, 11) is -1.71. The van der Waals surface area contributed by atoms with E-state index in [9.17, 15) is 18.5 Å². The first kappa shape index (κ1) is 14.5. The predicted octanol–water partition coefficient (Wildman–Crippen LogP) is 1.88. The average Bonchev–Trinajstić information content (AvgIpc) is 2.74. The minimum absolute atomic E-state index is 0.0756. The number of hydrogen-bond donors (Lipinski definition) is 0. The molecule has 2 rings (SSSR count). The second-order valence-corrected chi connectivity index (χ2v) is 7.11. The summed E-state index contributed by atoms with van der Waals surface area (Å²) in [5, 5.41) is 11.7. The van der Waals surface area contributed by atoms with Gasteiger partial charge in [0.2, 0.25) is 0 Å². The fraction of sp³-hybridized carbons (Fsp3) is 0.182. The molecule has 0 radical (unpaired) electrons. The lowest BCUT2D eigenvalue weighted by molar-refractivity contribution is -0.388. The van der Waals surface area contributed by atoms with Gasteiger partial charge >= 0.3 is 0 Å². The molecule has 0 unspecified atom stereocenters. The maximum absolute atomic E-state index is 11.4. The van der Waals surface area contributed by atoms with Crippen molar-refractivity contribution in [3.63, 3.8) is 0 Å². The lowest BCUT2D eigenvalue weighted by Crippen LogP contribution is -2.00. The van der Waals surface area contributed by atoms with Crippen molar-refractivity contribution in [3.05, 3.63) is 40.7 Å². The van der Waals surface area contributed by atoms with E-state index < -0.39 is 14.8 Å². The molecule has 0 aliphatic carbocycles. The molecule has 0 atom stereocenters. The Morgan fingerprint density at radius 1 is 1.40 bits per heavy atom. The number of rotatable bonds is 4. The number of aryl methyl sites for hydroxylation is 1. The fourth-order valence-corrected chi connectivity index (χ4v) is 3.04. The Hall–Kier alpha value is -1.87. The van der Waals surface area contributed by atoms with Crippen LogP contribution in [0.2, 0.25) is 0 Å². The van der Waals surface area contributed by atoms with Gasteiger partial charge in [0.15, 0.2) is 15.0 Å². The molecule has 20 heavy (non-hydrogen) atoms. The van der Waals surface area contributed by atoms with Gasteiger partial charge in [-0.1, -0.05) is 0 Å². The Morgan fingerprint density at radius 3 is 2.60 bits per heavy atom. The van der Waals surface area contributed by atoms with Gasteiger partial charge in [0.25, 0.3) is 5.69 Å². The van der Waals surface area contributed by atoms with E-state index in [0.29, 0.717) is 10.1 Å². The predicted molar refractivity (Wildman–Crippen MR) is 73.5 cm³/mol. The van der Waals surface area contributed by atoms with Gasteiger partial charge in [0, 0.05) is 31.8 Å². The van der Waals surface area contributed by atoms with Crippen molar-refractivity contribution in [3.8, 4) is 0 Å². The number of imidazole rings is 1. The third-order valence-electron chi connectivity index (χ3n) is 2.53. The van der Waals surface area contributed by atoms with Crippen LogP contribution in [0.25, 0.3) is 0 Å². The summed E-state index contributed by atoms with van der Waals surface area (Å²) in [6.07, 6.45) is 4.32. The van der Waals surface area contributed by atoms with Crippen molar-refractivity contribution in [1.29, 1.82) is 0 Å². The van der Waals surface area contributed by atoms with E-state index in [1.54, 1.807) is 24.0 Å². The zero-order valence-corrected chi connectivity index (χ0v) is 12.3. The van der Waals surface area contributed by atoms with E-state index in [4.69, 9.17) is 0 Å². The summed E-state index contributed by atoms with van der Waals surface area (Å²) in [4.78, 5) is 14.8. The van der Waals surface area contributed by atoms with E-state index >= 15 is 0 Å². The van der Waals surface area contributed by atoms with Gasteiger partial charge in [-0.05, 0) is 23.9 Å². The third-order valence-corrected chi connectivity index (χ3v) is 4.78. The Balaban J connectivity index is 2.49. The maximum Gasteiger partial charge on any atom is 0.284 e. The molecule has 9 heteroatoms. The summed E-state index contributed by atoms with van der Waals surface area (Å²) in [5.74, 6) is 0. The number of hydrogen-bond acceptors (Lipinski definition) is 6. The van der Waals surface area contributed by atoms with Gasteiger partial charge in [-0.2, -0.15) is 0 Å². The van der Waals surface area contributed by atoms with Crippen LogP contribution in [-0.2, 0) is 16.9 Å². The SMILES string of the molecule is Cn1ccnc1Sc1ccc(S(C)(=O)=O)cc1[N+](=O)[O-]. The maximum atomic E-state index is 11.4. The molecule has 2 aromatic rings. The first-order chi connectivity index (χ1) is 9.29. The molecule has 1 aromatic heterocycles. The van der Waals surface area contributed by atoms with Crippen LogP contribution in [0.5, 0.6) is 0 Å². The highest BCUT2D eigenvalue weighted by Crippen LogP contribution is 2.35. The molecule has 0 saturated carbocycles. The number of aromatic nitrogens is 2. The van der Waals surface area contributed by atoms with Gasteiger partial charge in [0.1, 0.15) is 0 Å². The van der Waals surface area contributed by atoms with E-state index in [2.05, 4.69) is 4.98 Å². The van der Waals surface area contributed by atoms with Crippen molar-refractivity contribution >= 4 is 27.3 Å². The summed E-state index contributed by atoms with van der Waals surface area (Å²) >= 11 is 1.11.